The number of carboxylic acids is 1. The number of hydrogen-bond donors (Lipinski definition) is 2. The van der Waals surface area contributed by atoms with E-state index in [1.54, 1.807) is 38.1 Å². The van der Waals surface area contributed by atoms with Crippen molar-refractivity contribution < 1.29 is 72.2 Å². The summed E-state index contributed by atoms with van der Waals surface area (Å²) >= 11 is 0. The summed E-state index contributed by atoms with van der Waals surface area (Å²) < 4.78 is 4.76. The zero-order valence-corrected chi connectivity index (χ0v) is 15.0. The van der Waals surface area contributed by atoms with E-state index < -0.39 is 18.0 Å². The van der Waals surface area contributed by atoms with Gasteiger partial charge in [-0.15, -0.1) is 0 Å². The molecule has 0 saturated heterocycles. The van der Waals surface area contributed by atoms with E-state index in [1.165, 1.54) is 6.08 Å². The van der Waals surface area contributed by atoms with Crippen LogP contribution in [0.4, 0.5) is 0 Å². The first-order valence-corrected chi connectivity index (χ1v) is 5.94. The Morgan fingerprint density at radius 1 is 1.40 bits per heavy atom. The number of benzene rings is 1. The second-order valence-electron chi connectivity index (χ2n) is 3.91. The molecule has 1 aromatic rings. The minimum Gasteiger partial charge on any atom is -1.00 e. The number of rotatable bonds is 6. The summed E-state index contributed by atoms with van der Waals surface area (Å²) in [7, 11) is 0. The Morgan fingerprint density at radius 2 is 2.00 bits per heavy atom. The molecule has 20 heavy (non-hydrogen) atoms. The first-order chi connectivity index (χ1) is 9.04. The van der Waals surface area contributed by atoms with Gasteiger partial charge in [-0.3, -0.25) is 0 Å². The third-order valence-corrected chi connectivity index (χ3v) is 2.37. The Labute approximate surface area is 162 Å². The van der Waals surface area contributed by atoms with Gasteiger partial charge in [0.15, 0.2) is 0 Å². The second-order valence-corrected chi connectivity index (χ2v) is 3.91. The molecule has 5 nitrogen and oxygen atoms in total. The van der Waals surface area contributed by atoms with Crippen LogP contribution in [0.5, 0.6) is 0 Å². The first kappa shape index (κ1) is 19.3. The summed E-state index contributed by atoms with van der Waals surface area (Å²) in [5.41, 5.74) is 1.06. The Balaban J connectivity index is 0. The van der Waals surface area contributed by atoms with Crippen molar-refractivity contribution in [3.63, 3.8) is 0 Å². The molecule has 1 rings (SSSR count). The molecule has 0 amide bonds. The van der Waals surface area contributed by atoms with Crippen molar-refractivity contribution in [2.45, 2.75) is 19.9 Å². The third kappa shape index (κ3) is 6.67. The molecule has 0 fully saturated rings. The van der Waals surface area contributed by atoms with E-state index in [2.05, 4.69) is 5.32 Å². The number of esters is 1. The Bertz CT molecular complexity index is 479. The van der Waals surface area contributed by atoms with Crippen molar-refractivity contribution in [2.75, 3.05) is 6.61 Å². The fourth-order valence-electron chi connectivity index (χ4n) is 1.56. The quantitative estimate of drug-likeness (QED) is 0.400. The molecular weight excluding hydrogens is 285 g/mol. The van der Waals surface area contributed by atoms with Crippen LogP contribution in [0.2, 0.25) is 0 Å². The van der Waals surface area contributed by atoms with Crippen LogP contribution < -0.4 is 56.7 Å². The van der Waals surface area contributed by atoms with E-state index in [9.17, 15) is 14.7 Å². The van der Waals surface area contributed by atoms with Gasteiger partial charge in [0.25, 0.3) is 0 Å². The summed E-state index contributed by atoms with van der Waals surface area (Å²) in [6.07, 6.45) is 1.24. The summed E-state index contributed by atoms with van der Waals surface area (Å²) in [6, 6.07) is 7.86. The Morgan fingerprint density at radius 3 is 2.50 bits per heavy atom. The molecule has 0 aromatic heterocycles. The van der Waals surface area contributed by atoms with Crippen molar-refractivity contribution in [1.82, 2.24) is 5.32 Å². The van der Waals surface area contributed by atoms with E-state index in [-0.39, 0.29) is 59.4 Å². The van der Waals surface area contributed by atoms with Gasteiger partial charge in [0, 0.05) is 11.8 Å². The van der Waals surface area contributed by atoms with Crippen LogP contribution >= 0.6 is 0 Å². The van der Waals surface area contributed by atoms with Crippen LogP contribution in [0.1, 0.15) is 26.9 Å². The zero-order valence-electron chi connectivity index (χ0n) is 12.9. The van der Waals surface area contributed by atoms with Crippen LogP contribution in [0.25, 0.3) is 0 Å². The van der Waals surface area contributed by atoms with E-state index in [0.29, 0.717) is 11.3 Å². The Kier molecular flexibility index (Phi) is 9.78. The van der Waals surface area contributed by atoms with Gasteiger partial charge in [0.1, 0.15) is 6.04 Å². The normalized spacial score (nSPS) is 12.0. The standard InChI is InChI=1S/C14H17NO4.K.H/c1-3-19-12(16)9-10(2)15-13(14(17)18)11-7-5-4-6-8-11;;/h4-9,13,15H,3H2,1-2H3,(H,17,18);;/q;+1;-1. The average molecular weight is 303 g/mol. The van der Waals surface area contributed by atoms with E-state index in [4.69, 9.17) is 4.74 Å². The molecule has 1 unspecified atom stereocenters. The molecule has 2 N–H and O–H groups in total. The van der Waals surface area contributed by atoms with Crippen molar-refractivity contribution in [2.24, 2.45) is 0 Å². The van der Waals surface area contributed by atoms with Gasteiger partial charge >= 0.3 is 63.3 Å². The van der Waals surface area contributed by atoms with E-state index in [1.807, 2.05) is 6.07 Å². The van der Waals surface area contributed by atoms with Gasteiger partial charge in [-0.2, -0.15) is 0 Å². The number of carbonyl (C=O) groups is 2. The summed E-state index contributed by atoms with van der Waals surface area (Å²) in [6.45, 7) is 3.61. The second kappa shape index (κ2) is 10.1. The monoisotopic (exact) mass is 303 g/mol. The van der Waals surface area contributed by atoms with Gasteiger partial charge in [-0.05, 0) is 19.4 Å². The number of hydrogen-bond acceptors (Lipinski definition) is 4. The fourth-order valence-corrected chi connectivity index (χ4v) is 1.56. The minimum absolute atomic E-state index is 0. The van der Waals surface area contributed by atoms with Crippen LogP contribution in [0, 0.1) is 0 Å². The van der Waals surface area contributed by atoms with Gasteiger partial charge in [-0.1, -0.05) is 30.3 Å². The molecule has 0 spiro atoms. The molecular formula is C14H18KNO4. The van der Waals surface area contributed by atoms with Gasteiger partial charge in [0.05, 0.1) is 6.61 Å². The number of carboxylic acid groups (broad SMARTS) is 1. The maximum absolute atomic E-state index is 11.3. The number of nitrogens with one attached hydrogen (secondary N) is 1. The number of allylic oxidation sites excluding steroid dienone is 1. The molecule has 104 valence electrons. The van der Waals surface area contributed by atoms with Crippen LogP contribution in [-0.4, -0.2) is 23.7 Å². The van der Waals surface area contributed by atoms with E-state index in [0.717, 1.165) is 0 Å². The molecule has 1 aromatic carbocycles. The smallest absolute Gasteiger partial charge is 1.00 e. The molecule has 0 radical (unpaired) electrons. The molecule has 0 saturated carbocycles. The largest absolute Gasteiger partial charge is 1.00 e. The molecule has 1 atom stereocenters. The number of carbonyl (C=O) groups excluding carboxylic acids is 1. The predicted octanol–water partition coefficient (Wildman–Crippen LogP) is -1.01. The zero-order chi connectivity index (χ0) is 14.3. The molecule has 0 aliphatic rings. The van der Waals surface area contributed by atoms with Crippen molar-refractivity contribution >= 4 is 11.9 Å². The van der Waals surface area contributed by atoms with Crippen molar-refractivity contribution in [3.8, 4) is 0 Å². The van der Waals surface area contributed by atoms with Gasteiger partial charge in [0.2, 0.25) is 0 Å². The molecule has 0 aliphatic heterocycles. The van der Waals surface area contributed by atoms with Crippen LogP contribution in [-0.2, 0) is 14.3 Å². The molecule has 6 heteroatoms. The Hall–Kier alpha value is -0.664. The van der Waals surface area contributed by atoms with Gasteiger partial charge in [-0.25, -0.2) is 9.59 Å². The maximum atomic E-state index is 11.3. The SMILES string of the molecule is CCOC(=O)C=C(C)NC(C(=O)O)c1ccccc1.[H-].[K+]. The number of ether oxygens (including phenoxy) is 1. The van der Waals surface area contributed by atoms with Crippen molar-refractivity contribution in [1.29, 1.82) is 0 Å². The third-order valence-electron chi connectivity index (χ3n) is 2.37. The van der Waals surface area contributed by atoms with Gasteiger partial charge < -0.3 is 16.6 Å². The maximum Gasteiger partial charge on any atom is 1.00 e. The molecule has 0 heterocycles. The molecule has 0 aliphatic carbocycles. The van der Waals surface area contributed by atoms with Crippen molar-refractivity contribution in [3.05, 3.63) is 47.7 Å². The average Bonchev–Trinajstić information content (AvgIpc) is 2.37. The molecule has 0 bridgehead atoms. The minimum atomic E-state index is -1.01. The fraction of sp³-hybridized carbons (Fsp3) is 0.286. The summed E-state index contributed by atoms with van der Waals surface area (Å²) in [5, 5.41) is 12.0. The van der Waals surface area contributed by atoms with Crippen LogP contribution in [0.15, 0.2) is 42.1 Å². The van der Waals surface area contributed by atoms with E-state index >= 15 is 0 Å². The first-order valence-electron chi connectivity index (χ1n) is 5.94. The number of aliphatic carboxylic acids is 1. The summed E-state index contributed by atoms with van der Waals surface area (Å²) in [5.74, 6) is -1.51. The van der Waals surface area contributed by atoms with Crippen LogP contribution in [0.3, 0.4) is 0 Å². The topological polar surface area (TPSA) is 75.6 Å². The summed E-state index contributed by atoms with van der Waals surface area (Å²) in [4.78, 5) is 22.5. The predicted molar refractivity (Wildman–Crippen MR) is 71.5 cm³/mol.